The molecule has 6 N–H and O–H groups in total. The van der Waals surface area contributed by atoms with Gasteiger partial charge in [-0.05, 0) is 26.2 Å². The van der Waals surface area contributed by atoms with Gasteiger partial charge in [0.2, 0.25) is 17.8 Å². The third kappa shape index (κ3) is 7.60. The van der Waals surface area contributed by atoms with Gasteiger partial charge >= 0.3 is 11.9 Å². The fourth-order valence-electron chi connectivity index (χ4n) is 4.38. The van der Waals surface area contributed by atoms with Crippen LogP contribution in [0.2, 0.25) is 0 Å². The number of rotatable bonds is 15. The second-order valence-electron chi connectivity index (χ2n) is 9.07. The van der Waals surface area contributed by atoms with E-state index in [1.165, 1.54) is 14.2 Å². The lowest BCUT2D eigenvalue weighted by Crippen LogP contribution is -2.61. The van der Waals surface area contributed by atoms with Crippen molar-refractivity contribution in [2.45, 2.75) is 95.4 Å². The van der Waals surface area contributed by atoms with Crippen LogP contribution in [-0.2, 0) is 20.7 Å². The molecule has 2 rings (SSSR count). The quantitative estimate of drug-likeness (QED) is 0.180. The van der Waals surface area contributed by atoms with Gasteiger partial charge in [0.05, 0.1) is 14.2 Å². The van der Waals surface area contributed by atoms with Crippen LogP contribution in [0.4, 0.5) is 0 Å². The molecule has 1 fully saturated rings. The van der Waals surface area contributed by atoms with Crippen LogP contribution in [0, 0.1) is 6.92 Å². The van der Waals surface area contributed by atoms with Crippen LogP contribution in [0.3, 0.4) is 0 Å². The van der Waals surface area contributed by atoms with Gasteiger partial charge in [0.15, 0.2) is 17.6 Å². The van der Waals surface area contributed by atoms with E-state index < -0.39 is 42.6 Å². The van der Waals surface area contributed by atoms with Gasteiger partial charge in [-0.1, -0.05) is 32.1 Å². The number of phenols is 1. The van der Waals surface area contributed by atoms with Gasteiger partial charge in [-0.2, -0.15) is 0 Å². The normalized spacial score (nSPS) is 23.5. The first-order chi connectivity index (χ1) is 17.5. The zero-order chi connectivity index (χ0) is 27.7. The molecule has 0 saturated carbocycles. The van der Waals surface area contributed by atoms with Crippen LogP contribution in [-0.4, -0.2) is 87.5 Å². The van der Waals surface area contributed by atoms with Crippen molar-refractivity contribution in [1.29, 1.82) is 0 Å². The summed E-state index contributed by atoms with van der Waals surface area (Å²) in [5, 5.41) is 59.3. The smallest absolute Gasteiger partial charge is 0.335 e. The summed E-state index contributed by atoms with van der Waals surface area (Å²) in [6, 6.07) is 0. The molecule has 1 aromatic rings. The number of aliphatic hydroxyl groups excluding tert-OH is 3. The zero-order valence-corrected chi connectivity index (χ0v) is 21.4. The standard InChI is InChI=1S/C25H38O12/c1-13-14(11-9-7-5-4-6-8-10-12-15(26)27)16(28)21(34-2)23(35-3)20(13)36-25-19(31)17(29)18(30)22(37-25)24(32)33/h17-19,22,25,28-31H,4-12H2,1-3H3,(H,26,27)(H,32,33)/t17-,18-,19+,22-,25+/m0/s1. The van der Waals surface area contributed by atoms with Crippen molar-refractivity contribution >= 4 is 11.9 Å². The SMILES string of the molecule is COc1c(O)c(CCCCCCCCCC(=O)O)c(C)c(O[C@@H]2O[C@H](C(=O)O)[C@@H](O)[C@H](O)[C@H]2O)c1OC. The van der Waals surface area contributed by atoms with Crippen molar-refractivity contribution in [3.05, 3.63) is 11.1 Å². The Labute approximate surface area is 215 Å². The molecular formula is C25H38O12. The number of carboxylic acids is 2. The number of hydrogen-bond donors (Lipinski definition) is 6. The number of methoxy groups -OCH3 is 2. The highest BCUT2D eigenvalue weighted by Crippen LogP contribution is 2.50. The van der Waals surface area contributed by atoms with Crippen molar-refractivity contribution in [3.8, 4) is 23.0 Å². The third-order valence-electron chi connectivity index (χ3n) is 6.48. The molecule has 0 spiro atoms. The summed E-state index contributed by atoms with van der Waals surface area (Å²) in [6.45, 7) is 1.66. The largest absolute Gasteiger partial charge is 0.504 e. The Morgan fingerprint density at radius 2 is 1.38 bits per heavy atom. The molecule has 1 heterocycles. The molecule has 0 unspecified atom stereocenters. The molecule has 12 heteroatoms. The molecule has 37 heavy (non-hydrogen) atoms. The number of aromatic hydroxyl groups is 1. The summed E-state index contributed by atoms with van der Waals surface area (Å²) in [5.41, 5.74) is 0.960. The number of ether oxygens (including phenoxy) is 4. The minimum atomic E-state index is -1.86. The molecule has 1 aromatic carbocycles. The maximum atomic E-state index is 11.4. The van der Waals surface area contributed by atoms with Crippen LogP contribution < -0.4 is 14.2 Å². The third-order valence-corrected chi connectivity index (χ3v) is 6.48. The predicted molar refractivity (Wildman–Crippen MR) is 129 cm³/mol. The van der Waals surface area contributed by atoms with E-state index in [0.717, 1.165) is 38.5 Å². The van der Waals surface area contributed by atoms with Gasteiger partial charge in [0, 0.05) is 17.5 Å². The first-order valence-corrected chi connectivity index (χ1v) is 12.3. The molecule has 5 atom stereocenters. The Bertz CT molecular complexity index is 918. The van der Waals surface area contributed by atoms with E-state index in [4.69, 9.17) is 24.1 Å². The second-order valence-corrected chi connectivity index (χ2v) is 9.07. The van der Waals surface area contributed by atoms with Gasteiger partial charge in [0.25, 0.3) is 0 Å². The summed E-state index contributed by atoms with van der Waals surface area (Å²) in [7, 11) is 2.65. The molecule has 0 aromatic heterocycles. The van der Waals surface area contributed by atoms with Crippen LogP contribution in [0.5, 0.6) is 23.0 Å². The molecular weight excluding hydrogens is 492 g/mol. The minimum absolute atomic E-state index is 0.00843. The summed E-state index contributed by atoms with van der Waals surface area (Å²) in [6.07, 6.45) is -2.32. The summed E-state index contributed by atoms with van der Waals surface area (Å²) in [4.78, 5) is 22.0. The Hall–Kier alpha value is -2.80. The van der Waals surface area contributed by atoms with Crippen LogP contribution in [0.25, 0.3) is 0 Å². The molecule has 0 amide bonds. The number of benzene rings is 1. The number of carboxylic acid groups (broad SMARTS) is 2. The van der Waals surface area contributed by atoms with E-state index in [1.54, 1.807) is 6.92 Å². The van der Waals surface area contributed by atoms with E-state index in [1.807, 2.05) is 0 Å². The molecule has 1 aliphatic rings. The van der Waals surface area contributed by atoms with Crippen LogP contribution >= 0.6 is 0 Å². The summed E-state index contributed by atoms with van der Waals surface area (Å²) < 4.78 is 21.7. The fourth-order valence-corrected chi connectivity index (χ4v) is 4.38. The van der Waals surface area contributed by atoms with Gasteiger partial charge in [-0.25, -0.2) is 4.79 Å². The number of carbonyl (C=O) groups is 2. The lowest BCUT2D eigenvalue weighted by Gasteiger charge is -2.39. The molecule has 0 bridgehead atoms. The molecule has 1 aliphatic heterocycles. The maximum Gasteiger partial charge on any atom is 0.335 e. The molecule has 0 radical (unpaired) electrons. The van der Waals surface area contributed by atoms with E-state index in [9.17, 15) is 35.1 Å². The van der Waals surface area contributed by atoms with Gasteiger partial charge in [-0.15, -0.1) is 0 Å². The van der Waals surface area contributed by atoms with Gasteiger partial charge in [0.1, 0.15) is 18.3 Å². The van der Waals surface area contributed by atoms with Crippen molar-refractivity contribution in [1.82, 2.24) is 0 Å². The van der Waals surface area contributed by atoms with Crippen molar-refractivity contribution in [2.75, 3.05) is 14.2 Å². The Balaban J connectivity index is 2.15. The zero-order valence-electron chi connectivity index (χ0n) is 21.4. The van der Waals surface area contributed by atoms with Crippen molar-refractivity contribution in [2.24, 2.45) is 0 Å². The maximum absolute atomic E-state index is 11.4. The Morgan fingerprint density at radius 1 is 0.811 bits per heavy atom. The second kappa shape index (κ2) is 14.2. The van der Waals surface area contributed by atoms with E-state index >= 15 is 0 Å². The highest BCUT2D eigenvalue weighted by molar-refractivity contribution is 5.73. The van der Waals surface area contributed by atoms with Gasteiger partial charge < -0.3 is 49.6 Å². The number of aliphatic carboxylic acids is 2. The van der Waals surface area contributed by atoms with Crippen LogP contribution in [0.15, 0.2) is 0 Å². The first-order valence-electron chi connectivity index (χ1n) is 12.3. The summed E-state index contributed by atoms with van der Waals surface area (Å²) >= 11 is 0. The van der Waals surface area contributed by atoms with E-state index in [0.29, 0.717) is 24.0 Å². The lowest BCUT2D eigenvalue weighted by molar-refractivity contribution is -0.271. The average Bonchev–Trinajstić information content (AvgIpc) is 2.85. The Kier molecular flexibility index (Phi) is 11.7. The average molecular weight is 531 g/mol. The highest BCUT2D eigenvalue weighted by atomic mass is 16.7. The summed E-state index contributed by atoms with van der Waals surface area (Å²) in [5.74, 6) is -2.46. The predicted octanol–water partition coefficient (Wildman–Crippen LogP) is 1.74. The number of unbranched alkanes of at least 4 members (excludes halogenated alkanes) is 6. The fraction of sp³-hybridized carbons (Fsp3) is 0.680. The molecule has 0 aliphatic carbocycles. The lowest BCUT2D eigenvalue weighted by atomic mass is 9.97. The minimum Gasteiger partial charge on any atom is -0.504 e. The molecule has 1 saturated heterocycles. The number of phenolic OH excluding ortho intramolecular Hbond substituents is 1. The van der Waals surface area contributed by atoms with E-state index in [2.05, 4.69) is 0 Å². The van der Waals surface area contributed by atoms with Crippen molar-refractivity contribution in [3.63, 3.8) is 0 Å². The molecule has 210 valence electrons. The van der Waals surface area contributed by atoms with Gasteiger partial charge in [-0.3, -0.25) is 4.79 Å². The number of hydrogen-bond acceptors (Lipinski definition) is 10. The monoisotopic (exact) mass is 530 g/mol. The van der Waals surface area contributed by atoms with E-state index in [-0.39, 0.29) is 29.4 Å². The molecule has 12 nitrogen and oxygen atoms in total. The van der Waals surface area contributed by atoms with Crippen LogP contribution in [0.1, 0.15) is 62.5 Å². The number of aliphatic hydroxyl groups is 3. The first kappa shape index (κ1) is 30.4. The highest BCUT2D eigenvalue weighted by Gasteiger charge is 2.48. The van der Waals surface area contributed by atoms with Crippen molar-refractivity contribution < 1.29 is 59.2 Å². The Morgan fingerprint density at radius 3 is 1.92 bits per heavy atom. The topological polar surface area (TPSA) is 192 Å².